The van der Waals surface area contributed by atoms with Gasteiger partial charge in [-0.15, -0.1) is 13.2 Å². The van der Waals surface area contributed by atoms with Crippen molar-refractivity contribution in [3.8, 4) is 0 Å². The summed E-state index contributed by atoms with van der Waals surface area (Å²) in [6, 6.07) is 6.77. The van der Waals surface area contributed by atoms with Crippen molar-refractivity contribution in [2.45, 2.75) is 39.2 Å². The first kappa shape index (κ1) is 23.0. The summed E-state index contributed by atoms with van der Waals surface area (Å²) in [6.45, 7) is 4.07. The highest BCUT2D eigenvalue weighted by Crippen LogP contribution is 2.24. The van der Waals surface area contributed by atoms with Crippen LogP contribution in [-0.2, 0) is 9.53 Å². The summed E-state index contributed by atoms with van der Waals surface area (Å²) < 4.78 is 40.6. The Labute approximate surface area is 171 Å². The number of ether oxygens (including phenoxy) is 1. The van der Waals surface area contributed by atoms with Crippen LogP contribution in [0.25, 0.3) is 10.9 Å². The number of nitrogens with zero attached hydrogens (tertiary/aromatic N) is 1. The lowest BCUT2D eigenvalue weighted by Crippen LogP contribution is -2.46. The number of piperidine rings is 1. The van der Waals surface area contributed by atoms with E-state index in [1.807, 2.05) is 13.8 Å². The molecule has 10 heteroatoms. The molecule has 0 atom stereocenters. The maximum Gasteiger partial charge on any atom is 0.522 e. The van der Waals surface area contributed by atoms with Crippen LogP contribution >= 0.6 is 11.6 Å². The second kappa shape index (κ2) is 9.98. The van der Waals surface area contributed by atoms with Gasteiger partial charge in [0, 0.05) is 29.0 Å². The number of carbonyl (C=O) groups excluding carboxylic acids is 2. The molecule has 29 heavy (non-hydrogen) atoms. The number of aromatic nitrogens is 1. The van der Waals surface area contributed by atoms with Crippen molar-refractivity contribution in [3.63, 3.8) is 0 Å². The molecule has 160 valence electrons. The number of fused-ring (bicyclic) bond motifs is 1. The van der Waals surface area contributed by atoms with E-state index in [1.54, 1.807) is 24.3 Å². The Morgan fingerprint density at radius 2 is 1.90 bits per heavy atom. The zero-order chi connectivity index (χ0) is 21.6. The zero-order valence-electron chi connectivity index (χ0n) is 16.1. The lowest BCUT2D eigenvalue weighted by molar-refractivity contribution is -0.345. The molecule has 6 nitrogen and oxygen atoms in total. The van der Waals surface area contributed by atoms with Gasteiger partial charge in [-0.25, -0.2) is 0 Å². The molecule has 3 rings (SSSR count). The molecule has 2 N–H and O–H groups in total. The Morgan fingerprint density at radius 3 is 2.52 bits per heavy atom. The summed E-state index contributed by atoms with van der Waals surface area (Å²) in [5.41, 5.74) is 1.03. The number of aromatic amines is 1. The fraction of sp³-hybridized carbons (Fsp3) is 0.474. The third-order valence-electron chi connectivity index (χ3n) is 4.32. The van der Waals surface area contributed by atoms with Gasteiger partial charge >= 0.3 is 6.36 Å². The number of rotatable bonds is 4. The number of alkyl halides is 3. The maximum atomic E-state index is 12.2. The van der Waals surface area contributed by atoms with Crippen LogP contribution < -0.4 is 5.32 Å². The van der Waals surface area contributed by atoms with Gasteiger partial charge in [0.2, 0.25) is 5.91 Å². The lowest BCUT2D eigenvalue weighted by Gasteiger charge is -2.32. The minimum atomic E-state index is -4.67. The lowest BCUT2D eigenvalue weighted by atomic mass is 10.1. The van der Waals surface area contributed by atoms with Crippen LogP contribution in [0, 0.1) is 0 Å². The predicted octanol–water partition coefficient (Wildman–Crippen LogP) is 4.10. The van der Waals surface area contributed by atoms with Crippen molar-refractivity contribution in [1.82, 2.24) is 15.2 Å². The highest BCUT2D eigenvalue weighted by molar-refractivity contribution is 6.31. The Bertz CT molecular complexity index is 846. The average Bonchev–Trinajstić information content (AvgIpc) is 3.10. The minimum absolute atomic E-state index is 0.0992. The first-order valence-corrected chi connectivity index (χ1v) is 9.68. The van der Waals surface area contributed by atoms with Crippen molar-refractivity contribution in [2.75, 3.05) is 19.6 Å². The third kappa shape index (κ3) is 6.64. The van der Waals surface area contributed by atoms with Crippen LogP contribution in [0.2, 0.25) is 5.02 Å². The van der Waals surface area contributed by atoms with Crippen LogP contribution in [0.15, 0.2) is 24.3 Å². The Balaban J connectivity index is 0.00000145. The van der Waals surface area contributed by atoms with E-state index in [0.29, 0.717) is 5.02 Å². The number of hydrogen-bond donors (Lipinski definition) is 2. The first-order valence-electron chi connectivity index (χ1n) is 9.30. The summed E-state index contributed by atoms with van der Waals surface area (Å²) in [5, 5.41) is 3.83. The Morgan fingerprint density at radius 1 is 1.24 bits per heavy atom. The van der Waals surface area contributed by atoms with Crippen LogP contribution in [0.1, 0.15) is 37.2 Å². The van der Waals surface area contributed by atoms with Gasteiger partial charge in [0.05, 0.1) is 12.6 Å². The fourth-order valence-corrected chi connectivity index (χ4v) is 3.18. The predicted molar refractivity (Wildman–Crippen MR) is 104 cm³/mol. The van der Waals surface area contributed by atoms with E-state index in [0.717, 1.165) is 10.9 Å². The molecule has 0 spiro atoms. The normalized spacial score (nSPS) is 15.0. The molecule has 1 aliphatic heterocycles. The Hall–Kier alpha value is -2.26. The molecule has 1 aromatic carbocycles. The molecule has 0 unspecified atom stereocenters. The summed E-state index contributed by atoms with van der Waals surface area (Å²) in [7, 11) is 0. The summed E-state index contributed by atoms with van der Waals surface area (Å²) >= 11 is 5.91. The van der Waals surface area contributed by atoms with Crippen LogP contribution in [0.4, 0.5) is 13.2 Å². The smallest absolute Gasteiger partial charge is 0.351 e. The van der Waals surface area contributed by atoms with Crippen molar-refractivity contribution >= 4 is 34.3 Å². The third-order valence-corrected chi connectivity index (χ3v) is 4.56. The second-order valence-electron chi connectivity index (χ2n) is 6.24. The van der Waals surface area contributed by atoms with Crippen LogP contribution in [-0.4, -0.2) is 53.8 Å². The van der Waals surface area contributed by atoms with Crippen molar-refractivity contribution in [3.05, 3.63) is 35.0 Å². The molecule has 1 fully saturated rings. The number of nitrogens with one attached hydrogen (secondary N) is 2. The van der Waals surface area contributed by atoms with E-state index >= 15 is 0 Å². The van der Waals surface area contributed by atoms with Crippen molar-refractivity contribution in [2.24, 2.45) is 0 Å². The number of halogens is 4. The van der Waals surface area contributed by atoms with Crippen molar-refractivity contribution < 1.29 is 27.5 Å². The van der Waals surface area contributed by atoms with Gasteiger partial charge in [-0.05, 0) is 37.1 Å². The molecule has 0 saturated carbocycles. The summed E-state index contributed by atoms with van der Waals surface area (Å²) in [5.74, 6) is -0.807. The van der Waals surface area contributed by atoms with Gasteiger partial charge in [-0.3, -0.25) is 14.3 Å². The average molecular weight is 434 g/mol. The van der Waals surface area contributed by atoms with Crippen molar-refractivity contribution in [1.29, 1.82) is 0 Å². The topological polar surface area (TPSA) is 74.4 Å². The minimum Gasteiger partial charge on any atom is -0.351 e. The highest BCUT2D eigenvalue weighted by Gasteiger charge is 2.35. The standard InChI is InChI=1S/C17H17ClF3N3O3.C2H6/c18-11-1-2-13-10(7-11)8-14(23-13)16(26)22-9-15(25)24-5-3-12(4-6-24)27-17(19,20)21;1-2/h1-2,7-8,12,23H,3-6,9H2,(H,22,26);1-2H3. The molecular weight excluding hydrogens is 411 g/mol. The van der Waals surface area contributed by atoms with Crippen LogP contribution in [0.3, 0.4) is 0 Å². The van der Waals surface area contributed by atoms with E-state index in [1.165, 1.54) is 4.90 Å². The van der Waals surface area contributed by atoms with E-state index < -0.39 is 18.4 Å². The van der Waals surface area contributed by atoms with E-state index in [4.69, 9.17) is 11.6 Å². The molecule has 0 aliphatic carbocycles. The molecular formula is C19H23ClF3N3O3. The molecule has 2 amide bonds. The summed E-state index contributed by atoms with van der Waals surface area (Å²) in [4.78, 5) is 28.7. The number of hydrogen-bond acceptors (Lipinski definition) is 3. The number of likely N-dealkylation sites (tertiary alicyclic amines) is 1. The largest absolute Gasteiger partial charge is 0.522 e. The number of benzene rings is 1. The Kier molecular flexibility index (Phi) is 7.92. The van der Waals surface area contributed by atoms with Gasteiger partial charge < -0.3 is 15.2 Å². The first-order chi connectivity index (χ1) is 13.7. The van der Waals surface area contributed by atoms with Gasteiger partial charge in [-0.1, -0.05) is 25.4 Å². The van der Waals surface area contributed by atoms with Gasteiger partial charge in [0.25, 0.3) is 5.91 Å². The van der Waals surface area contributed by atoms with E-state index in [-0.39, 0.29) is 44.1 Å². The van der Waals surface area contributed by atoms with Gasteiger partial charge in [0.15, 0.2) is 0 Å². The second-order valence-corrected chi connectivity index (χ2v) is 6.68. The molecule has 0 radical (unpaired) electrons. The number of H-pyrrole nitrogens is 1. The van der Waals surface area contributed by atoms with E-state index in [2.05, 4.69) is 15.0 Å². The molecule has 2 heterocycles. The molecule has 0 bridgehead atoms. The van der Waals surface area contributed by atoms with Gasteiger partial charge in [-0.2, -0.15) is 0 Å². The molecule has 1 aliphatic rings. The summed E-state index contributed by atoms with van der Waals surface area (Å²) in [6.07, 6.45) is -5.42. The van der Waals surface area contributed by atoms with E-state index in [9.17, 15) is 22.8 Å². The molecule has 1 aromatic heterocycles. The highest BCUT2D eigenvalue weighted by atomic mass is 35.5. The molecule has 1 saturated heterocycles. The SMILES string of the molecule is CC.O=C(NCC(=O)N1CCC(OC(F)(F)F)CC1)c1cc2cc(Cl)ccc2[nH]1. The quantitative estimate of drug-likeness (QED) is 0.762. The van der Waals surface area contributed by atoms with Gasteiger partial charge in [0.1, 0.15) is 5.69 Å². The fourth-order valence-electron chi connectivity index (χ4n) is 3.00. The van der Waals surface area contributed by atoms with Crippen LogP contribution in [0.5, 0.6) is 0 Å². The zero-order valence-corrected chi connectivity index (χ0v) is 16.9. The number of amides is 2. The maximum absolute atomic E-state index is 12.2. The molecule has 2 aromatic rings. The number of carbonyl (C=O) groups is 2. The monoisotopic (exact) mass is 433 g/mol.